The van der Waals surface area contributed by atoms with Crippen molar-refractivity contribution in [1.29, 1.82) is 0 Å². The van der Waals surface area contributed by atoms with Gasteiger partial charge in [0.1, 0.15) is 0 Å². The molecule has 1 aromatic carbocycles. The normalized spacial score (nSPS) is 17.1. The number of benzene rings is 1. The van der Waals surface area contributed by atoms with Gasteiger partial charge in [0.05, 0.1) is 0 Å². The van der Waals surface area contributed by atoms with Crippen LogP contribution in [-0.4, -0.2) is 43.8 Å². The number of hydrogen-bond acceptors (Lipinski definition) is 2. The van der Waals surface area contributed by atoms with Crippen LogP contribution in [0.15, 0.2) is 18.2 Å². The van der Waals surface area contributed by atoms with Gasteiger partial charge in [0, 0.05) is 48.8 Å². The van der Waals surface area contributed by atoms with Crippen LogP contribution in [0.5, 0.6) is 0 Å². The molecule has 0 unspecified atom stereocenters. The van der Waals surface area contributed by atoms with Gasteiger partial charge in [-0.15, -0.1) is 0 Å². The van der Waals surface area contributed by atoms with Crippen molar-refractivity contribution in [3.8, 4) is 0 Å². The summed E-state index contributed by atoms with van der Waals surface area (Å²) in [4.78, 5) is 14.0. The standard InChI is InChI=1S/C16H22Cl2N2O2/c1-11(15-13(17)4-3-5-14(15)18)10-19-16(21)20(2)12-6-8-22-9-7-12/h3-5,11-12H,6-10H2,1-2H3,(H,19,21)/t11-/m0/s1. The van der Waals surface area contributed by atoms with Gasteiger partial charge < -0.3 is 15.0 Å². The van der Waals surface area contributed by atoms with E-state index in [1.807, 2.05) is 32.2 Å². The maximum Gasteiger partial charge on any atom is 0.317 e. The number of nitrogens with zero attached hydrogens (tertiary/aromatic N) is 1. The van der Waals surface area contributed by atoms with E-state index >= 15 is 0 Å². The van der Waals surface area contributed by atoms with Crippen LogP contribution >= 0.6 is 23.2 Å². The van der Waals surface area contributed by atoms with Crippen molar-refractivity contribution in [1.82, 2.24) is 10.2 Å². The van der Waals surface area contributed by atoms with Crippen molar-refractivity contribution >= 4 is 29.2 Å². The SMILES string of the molecule is C[C@@H](CNC(=O)N(C)C1CCOCC1)c1c(Cl)cccc1Cl. The van der Waals surface area contributed by atoms with E-state index in [9.17, 15) is 4.79 Å². The largest absolute Gasteiger partial charge is 0.381 e. The molecule has 0 radical (unpaired) electrons. The molecule has 22 heavy (non-hydrogen) atoms. The van der Waals surface area contributed by atoms with Crippen LogP contribution in [0.1, 0.15) is 31.2 Å². The fourth-order valence-corrected chi connectivity index (χ4v) is 3.46. The average Bonchev–Trinajstić information content (AvgIpc) is 2.52. The second-order valence-corrected chi connectivity index (χ2v) is 6.49. The lowest BCUT2D eigenvalue weighted by molar-refractivity contribution is 0.0526. The van der Waals surface area contributed by atoms with Gasteiger partial charge in [0.25, 0.3) is 0 Å². The monoisotopic (exact) mass is 344 g/mol. The van der Waals surface area contributed by atoms with Gasteiger partial charge in [-0.05, 0) is 30.5 Å². The molecule has 1 saturated heterocycles. The second kappa shape index (κ2) is 8.04. The summed E-state index contributed by atoms with van der Waals surface area (Å²) in [5.74, 6) is 0.0493. The Morgan fingerprint density at radius 3 is 2.55 bits per heavy atom. The second-order valence-electron chi connectivity index (χ2n) is 5.68. The maximum absolute atomic E-state index is 12.3. The molecule has 2 amide bonds. The smallest absolute Gasteiger partial charge is 0.317 e. The molecule has 4 nitrogen and oxygen atoms in total. The predicted octanol–water partition coefficient (Wildman–Crippen LogP) is 3.92. The molecule has 0 spiro atoms. The average molecular weight is 345 g/mol. The summed E-state index contributed by atoms with van der Waals surface area (Å²) in [5, 5.41) is 4.22. The molecule has 0 bridgehead atoms. The fourth-order valence-electron chi connectivity index (χ4n) is 2.69. The number of carbonyl (C=O) groups is 1. The van der Waals surface area contributed by atoms with E-state index in [4.69, 9.17) is 27.9 Å². The number of halogens is 2. The van der Waals surface area contributed by atoms with Gasteiger partial charge in [0.15, 0.2) is 0 Å². The van der Waals surface area contributed by atoms with Gasteiger partial charge in [-0.25, -0.2) is 4.79 Å². The molecule has 1 fully saturated rings. The first-order chi connectivity index (χ1) is 10.5. The molecule has 1 heterocycles. The van der Waals surface area contributed by atoms with Crippen molar-refractivity contribution in [3.05, 3.63) is 33.8 Å². The van der Waals surface area contributed by atoms with Gasteiger partial charge in [-0.1, -0.05) is 36.2 Å². The molecule has 1 atom stereocenters. The Morgan fingerprint density at radius 2 is 1.95 bits per heavy atom. The first kappa shape index (κ1) is 17.4. The van der Waals surface area contributed by atoms with E-state index in [1.54, 1.807) is 4.90 Å². The Hall–Kier alpha value is -0.970. The molecule has 1 aliphatic heterocycles. The number of amides is 2. The van der Waals surface area contributed by atoms with E-state index < -0.39 is 0 Å². The Morgan fingerprint density at radius 1 is 1.36 bits per heavy atom. The van der Waals surface area contributed by atoms with Crippen molar-refractivity contribution < 1.29 is 9.53 Å². The Balaban J connectivity index is 1.90. The molecule has 0 aromatic heterocycles. The molecule has 6 heteroatoms. The highest BCUT2D eigenvalue weighted by molar-refractivity contribution is 6.36. The van der Waals surface area contributed by atoms with Crippen LogP contribution in [-0.2, 0) is 4.74 Å². The predicted molar refractivity (Wildman–Crippen MR) is 89.9 cm³/mol. The summed E-state index contributed by atoms with van der Waals surface area (Å²) >= 11 is 12.4. The van der Waals surface area contributed by atoms with Crippen molar-refractivity contribution in [2.45, 2.75) is 31.7 Å². The zero-order valence-electron chi connectivity index (χ0n) is 12.9. The number of nitrogens with one attached hydrogen (secondary N) is 1. The number of urea groups is 1. The quantitative estimate of drug-likeness (QED) is 0.899. The molecule has 1 aromatic rings. The molecule has 0 saturated carbocycles. The van der Waals surface area contributed by atoms with Crippen LogP contribution in [0.2, 0.25) is 10.0 Å². The zero-order chi connectivity index (χ0) is 16.1. The molecular formula is C16H22Cl2N2O2. The van der Waals surface area contributed by atoms with Gasteiger partial charge in [0.2, 0.25) is 0 Å². The van der Waals surface area contributed by atoms with Crippen molar-refractivity contribution in [2.24, 2.45) is 0 Å². The summed E-state index contributed by atoms with van der Waals surface area (Å²) in [7, 11) is 1.83. The van der Waals surface area contributed by atoms with E-state index in [1.165, 1.54) is 0 Å². The van der Waals surface area contributed by atoms with E-state index in [2.05, 4.69) is 5.32 Å². The van der Waals surface area contributed by atoms with Gasteiger partial charge in [-0.2, -0.15) is 0 Å². The van der Waals surface area contributed by atoms with Crippen molar-refractivity contribution in [2.75, 3.05) is 26.8 Å². The lowest BCUT2D eigenvalue weighted by Crippen LogP contribution is -2.46. The molecule has 122 valence electrons. The lowest BCUT2D eigenvalue weighted by atomic mass is 10.0. The first-order valence-corrected chi connectivity index (χ1v) is 8.28. The highest BCUT2D eigenvalue weighted by atomic mass is 35.5. The molecule has 2 rings (SSSR count). The van der Waals surface area contributed by atoms with Crippen LogP contribution in [0.4, 0.5) is 4.79 Å². The van der Waals surface area contributed by atoms with Crippen LogP contribution in [0, 0.1) is 0 Å². The summed E-state index contributed by atoms with van der Waals surface area (Å²) in [6, 6.07) is 5.62. The highest BCUT2D eigenvalue weighted by Gasteiger charge is 2.23. The van der Waals surface area contributed by atoms with Crippen LogP contribution < -0.4 is 5.32 Å². The minimum absolute atomic E-state index is 0.0493. The van der Waals surface area contributed by atoms with E-state index in [0.717, 1.165) is 18.4 Å². The number of rotatable bonds is 4. The first-order valence-electron chi connectivity index (χ1n) is 7.53. The number of ether oxygens (including phenoxy) is 1. The third-order valence-electron chi connectivity index (χ3n) is 4.11. The molecule has 1 N–H and O–H groups in total. The molecular weight excluding hydrogens is 323 g/mol. The van der Waals surface area contributed by atoms with Gasteiger partial charge >= 0.3 is 6.03 Å². The number of carbonyl (C=O) groups excluding carboxylic acids is 1. The topological polar surface area (TPSA) is 41.6 Å². The summed E-state index contributed by atoms with van der Waals surface area (Å²) in [6.45, 7) is 3.93. The maximum atomic E-state index is 12.3. The zero-order valence-corrected chi connectivity index (χ0v) is 14.5. The van der Waals surface area contributed by atoms with Crippen LogP contribution in [0.25, 0.3) is 0 Å². The summed E-state index contributed by atoms with van der Waals surface area (Å²) in [5.41, 5.74) is 0.875. The fraction of sp³-hybridized carbons (Fsp3) is 0.562. The molecule has 1 aliphatic rings. The highest BCUT2D eigenvalue weighted by Crippen LogP contribution is 2.31. The third kappa shape index (κ3) is 4.28. The van der Waals surface area contributed by atoms with Crippen molar-refractivity contribution in [3.63, 3.8) is 0 Å². The Kier molecular flexibility index (Phi) is 6.36. The van der Waals surface area contributed by atoms with Crippen LogP contribution in [0.3, 0.4) is 0 Å². The van der Waals surface area contributed by atoms with E-state index in [-0.39, 0.29) is 18.0 Å². The third-order valence-corrected chi connectivity index (χ3v) is 4.77. The Bertz CT molecular complexity index is 499. The number of hydrogen-bond donors (Lipinski definition) is 1. The summed E-state index contributed by atoms with van der Waals surface area (Å²) in [6.07, 6.45) is 1.77. The lowest BCUT2D eigenvalue weighted by Gasteiger charge is -2.31. The summed E-state index contributed by atoms with van der Waals surface area (Å²) < 4.78 is 5.32. The van der Waals surface area contributed by atoms with E-state index in [0.29, 0.717) is 29.8 Å². The molecule has 0 aliphatic carbocycles. The minimum atomic E-state index is -0.0677. The van der Waals surface area contributed by atoms with Gasteiger partial charge in [-0.3, -0.25) is 0 Å². The minimum Gasteiger partial charge on any atom is -0.381 e. The Labute approximate surface area is 141 Å².